The van der Waals surface area contributed by atoms with Gasteiger partial charge in [-0.3, -0.25) is 0 Å². The molecule has 0 saturated carbocycles. The summed E-state index contributed by atoms with van der Waals surface area (Å²) in [5.74, 6) is 0.991. The van der Waals surface area contributed by atoms with Crippen LogP contribution in [0.1, 0.15) is 0 Å². The quantitative estimate of drug-likeness (QED) is 0.665. The van der Waals surface area contributed by atoms with E-state index in [1.807, 2.05) is 12.1 Å². The van der Waals surface area contributed by atoms with E-state index in [0.29, 0.717) is 11.5 Å². The number of hydrogen-bond donors (Lipinski definition) is 1. The Morgan fingerprint density at radius 1 is 0.833 bits per heavy atom. The van der Waals surface area contributed by atoms with Crippen LogP contribution in [0.2, 0.25) is 0 Å². The summed E-state index contributed by atoms with van der Waals surface area (Å²) in [7, 11) is -3.69. The fraction of sp³-hybridized carbons (Fsp3) is 0. The molecule has 0 bridgehead atoms. The first kappa shape index (κ1) is 12.6. The van der Waals surface area contributed by atoms with Gasteiger partial charge in [-0.1, -0.05) is 0 Å². The van der Waals surface area contributed by atoms with Crippen molar-refractivity contribution in [3.05, 3.63) is 60.7 Å². The molecule has 94 valence electrons. The number of benzene rings is 2. The standard InChI is InChI=1S/C13H14NO3P/c1-14-18(15,16-12-8-4-2-5-9-12)17-13-10-6-3-7-11-13/h2-11,15,18H,1H2. The van der Waals surface area contributed by atoms with Gasteiger partial charge in [-0.05, 0) is 0 Å². The van der Waals surface area contributed by atoms with E-state index in [2.05, 4.69) is 11.5 Å². The summed E-state index contributed by atoms with van der Waals surface area (Å²) in [6.45, 7) is 3.34. The zero-order valence-corrected chi connectivity index (χ0v) is 10.7. The first-order valence-corrected chi connectivity index (χ1v) is 7.11. The van der Waals surface area contributed by atoms with Crippen molar-refractivity contribution in [2.75, 3.05) is 0 Å². The van der Waals surface area contributed by atoms with Crippen LogP contribution in [-0.4, -0.2) is 11.6 Å². The van der Waals surface area contributed by atoms with Crippen molar-refractivity contribution in [3.63, 3.8) is 0 Å². The van der Waals surface area contributed by atoms with Crippen LogP contribution < -0.4 is 9.05 Å². The second-order valence-electron chi connectivity index (χ2n) is 3.54. The zero-order valence-electron chi connectivity index (χ0n) is 9.69. The van der Waals surface area contributed by atoms with Crippen molar-refractivity contribution in [3.8, 4) is 11.5 Å². The number of rotatable bonds is 5. The summed E-state index contributed by atoms with van der Waals surface area (Å²) >= 11 is 0. The Balaban J connectivity index is 2.13. The van der Waals surface area contributed by atoms with Gasteiger partial charge in [0.25, 0.3) is 0 Å². The van der Waals surface area contributed by atoms with Gasteiger partial charge in [0.1, 0.15) is 0 Å². The predicted octanol–water partition coefficient (Wildman–Crippen LogP) is 3.25. The second-order valence-corrected chi connectivity index (χ2v) is 5.36. The SMILES string of the molecule is C=N[PH](O)(Oc1ccccc1)Oc1ccccc1. The van der Waals surface area contributed by atoms with E-state index in [1.54, 1.807) is 48.5 Å². The van der Waals surface area contributed by atoms with Crippen LogP contribution in [0.25, 0.3) is 0 Å². The average molecular weight is 263 g/mol. The molecule has 0 radical (unpaired) electrons. The third-order valence-electron chi connectivity index (χ3n) is 2.19. The molecule has 4 nitrogen and oxygen atoms in total. The molecule has 0 unspecified atom stereocenters. The molecule has 0 fully saturated rings. The summed E-state index contributed by atoms with van der Waals surface area (Å²) in [5, 5.41) is 0. The van der Waals surface area contributed by atoms with E-state index < -0.39 is 8.09 Å². The van der Waals surface area contributed by atoms with E-state index in [-0.39, 0.29) is 0 Å². The maximum absolute atomic E-state index is 10.2. The Morgan fingerprint density at radius 3 is 1.56 bits per heavy atom. The fourth-order valence-corrected chi connectivity index (χ4v) is 2.43. The fourth-order valence-electron chi connectivity index (χ4n) is 1.37. The second kappa shape index (κ2) is 5.63. The summed E-state index contributed by atoms with van der Waals surface area (Å²) < 4.78 is 14.4. The first-order chi connectivity index (χ1) is 8.72. The molecule has 0 atom stereocenters. The Bertz CT molecular complexity index is 463. The normalized spacial score (nSPS) is 11.6. The first-order valence-electron chi connectivity index (χ1n) is 5.40. The molecule has 0 aliphatic carbocycles. The Kier molecular flexibility index (Phi) is 3.92. The van der Waals surface area contributed by atoms with Crippen LogP contribution in [-0.2, 0) is 0 Å². The Hall–Kier alpha value is -1.90. The molecule has 0 heterocycles. The topological polar surface area (TPSA) is 51.1 Å². The summed E-state index contributed by atoms with van der Waals surface area (Å²) in [6, 6.07) is 17.8. The van der Waals surface area contributed by atoms with Crippen molar-refractivity contribution >= 4 is 14.8 Å². The van der Waals surface area contributed by atoms with Gasteiger partial charge in [0.15, 0.2) is 0 Å². The minimum absolute atomic E-state index is 0.495. The van der Waals surface area contributed by atoms with Gasteiger partial charge in [-0.2, -0.15) is 0 Å². The van der Waals surface area contributed by atoms with Gasteiger partial charge in [0, 0.05) is 0 Å². The monoisotopic (exact) mass is 263 g/mol. The third-order valence-corrected chi connectivity index (χ3v) is 3.59. The maximum atomic E-state index is 10.2. The molecule has 0 saturated heterocycles. The van der Waals surface area contributed by atoms with Crippen molar-refractivity contribution in [2.45, 2.75) is 0 Å². The Morgan fingerprint density at radius 2 is 1.22 bits per heavy atom. The molecular weight excluding hydrogens is 249 g/mol. The average Bonchev–Trinajstić information content (AvgIpc) is 2.41. The van der Waals surface area contributed by atoms with Crippen molar-refractivity contribution in [1.29, 1.82) is 0 Å². The molecule has 2 aromatic rings. The zero-order chi connectivity index (χ0) is 12.8. The summed E-state index contributed by atoms with van der Waals surface area (Å²) in [6.07, 6.45) is 0. The molecule has 2 rings (SSSR count). The van der Waals surface area contributed by atoms with Crippen LogP contribution in [0.4, 0.5) is 0 Å². The molecule has 0 spiro atoms. The predicted molar refractivity (Wildman–Crippen MR) is 74.2 cm³/mol. The van der Waals surface area contributed by atoms with Gasteiger partial charge in [-0.25, -0.2) is 0 Å². The van der Waals surface area contributed by atoms with Crippen LogP contribution in [0.15, 0.2) is 65.4 Å². The van der Waals surface area contributed by atoms with Crippen LogP contribution >= 0.6 is 8.09 Å². The van der Waals surface area contributed by atoms with E-state index >= 15 is 0 Å². The van der Waals surface area contributed by atoms with Gasteiger partial charge >= 0.3 is 106 Å². The molecule has 5 heteroatoms. The van der Waals surface area contributed by atoms with Crippen LogP contribution in [0.3, 0.4) is 0 Å². The van der Waals surface area contributed by atoms with E-state index in [9.17, 15) is 4.89 Å². The van der Waals surface area contributed by atoms with Crippen LogP contribution in [0.5, 0.6) is 11.5 Å². The molecule has 0 aliphatic heterocycles. The molecule has 0 aromatic heterocycles. The number of nitrogens with zero attached hydrogens (tertiary/aromatic N) is 1. The van der Waals surface area contributed by atoms with Crippen molar-refractivity contribution in [1.82, 2.24) is 0 Å². The van der Waals surface area contributed by atoms with Crippen LogP contribution in [0, 0.1) is 0 Å². The third kappa shape index (κ3) is 3.29. The van der Waals surface area contributed by atoms with Crippen molar-refractivity contribution < 1.29 is 13.9 Å². The van der Waals surface area contributed by atoms with E-state index in [0.717, 1.165) is 0 Å². The van der Waals surface area contributed by atoms with Gasteiger partial charge in [0.2, 0.25) is 0 Å². The number of hydrogen-bond acceptors (Lipinski definition) is 4. The van der Waals surface area contributed by atoms with Gasteiger partial charge < -0.3 is 0 Å². The molecule has 18 heavy (non-hydrogen) atoms. The molecule has 0 amide bonds. The van der Waals surface area contributed by atoms with Crippen molar-refractivity contribution in [2.24, 2.45) is 4.76 Å². The van der Waals surface area contributed by atoms with Gasteiger partial charge in [-0.15, -0.1) is 0 Å². The molecule has 1 N–H and O–H groups in total. The van der Waals surface area contributed by atoms with E-state index in [4.69, 9.17) is 9.05 Å². The summed E-state index contributed by atoms with van der Waals surface area (Å²) in [4.78, 5) is 10.2. The molecular formula is C13H14NO3P. The minimum atomic E-state index is -3.69. The molecule has 0 aliphatic rings. The van der Waals surface area contributed by atoms with E-state index in [1.165, 1.54) is 0 Å². The molecule has 2 aromatic carbocycles. The Labute approximate surface area is 106 Å². The number of para-hydroxylation sites is 2. The van der Waals surface area contributed by atoms with Gasteiger partial charge in [0.05, 0.1) is 0 Å². The summed E-state index contributed by atoms with van der Waals surface area (Å²) in [5.41, 5.74) is 0.